The third-order valence-corrected chi connectivity index (χ3v) is 4.60. The summed E-state index contributed by atoms with van der Waals surface area (Å²) in [5.41, 5.74) is 0.389. The van der Waals surface area contributed by atoms with E-state index in [-0.39, 0.29) is 22.5 Å². The third-order valence-electron chi connectivity index (χ3n) is 4.32. The molecule has 0 atom stereocenters. The van der Waals surface area contributed by atoms with Crippen LogP contribution >= 0.6 is 11.6 Å². The highest BCUT2D eigenvalue weighted by Gasteiger charge is 2.29. The molecule has 1 amide bonds. The first-order valence-corrected chi connectivity index (χ1v) is 8.44. The molecular weight excluding hydrogens is 363 g/mol. The van der Waals surface area contributed by atoms with Gasteiger partial charge in [0, 0.05) is 37.0 Å². The van der Waals surface area contributed by atoms with Crippen molar-refractivity contribution in [1.82, 2.24) is 4.98 Å². The number of pyridine rings is 1. The first-order chi connectivity index (χ1) is 12.5. The van der Waals surface area contributed by atoms with E-state index < -0.39 is 10.7 Å². The summed E-state index contributed by atoms with van der Waals surface area (Å²) >= 11 is 5.72. The number of hydrogen-bond donors (Lipinski definition) is 1. The summed E-state index contributed by atoms with van der Waals surface area (Å²) in [6.07, 6.45) is 2.59. The van der Waals surface area contributed by atoms with E-state index in [1.165, 1.54) is 36.5 Å². The Hall–Kier alpha value is -2.74. The molecule has 1 saturated heterocycles. The van der Waals surface area contributed by atoms with E-state index in [0.29, 0.717) is 37.4 Å². The molecule has 1 aromatic carbocycles. The van der Waals surface area contributed by atoms with Gasteiger partial charge in [-0.05, 0) is 37.1 Å². The van der Waals surface area contributed by atoms with E-state index in [4.69, 9.17) is 11.6 Å². The molecule has 9 heteroatoms. The SMILES string of the molecule is O=C(Nc1ccc(F)c(Cl)c1)C1CCN(c2ncccc2[N+](=O)[O-])CC1. The summed E-state index contributed by atoms with van der Waals surface area (Å²) < 4.78 is 13.2. The summed E-state index contributed by atoms with van der Waals surface area (Å²) in [5, 5.41) is 13.8. The molecule has 0 bridgehead atoms. The van der Waals surface area contributed by atoms with Crippen LogP contribution in [0.1, 0.15) is 12.8 Å². The molecule has 1 fully saturated rings. The van der Waals surface area contributed by atoms with Crippen molar-refractivity contribution in [3.05, 3.63) is 57.5 Å². The molecule has 7 nitrogen and oxygen atoms in total. The van der Waals surface area contributed by atoms with Gasteiger partial charge in [0.2, 0.25) is 11.7 Å². The molecule has 3 rings (SSSR count). The van der Waals surface area contributed by atoms with Crippen LogP contribution in [-0.2, 0) is 4.79 Å². The highest BCUT2D eigenvalue weighted by molar-refractivity contribution is 6.31. The molecule has 26 heavy (non-hydrogen) atoms. The highest BCUT2D eigenvalue weighted by atomic mass is 35.5. The number of halogens is 2. The Morgan fingerprint density at radius 3 is 2.73 bits per heavy atom. The van der Waals surface area contributed by atoms with Gasteiger partial charge in [-0.15, -0.1) is 0 Å². The first-order valence-electron chi connectivity index (χ1n) is 8.06. The van der Waals surface area contributed by atoms with Crippen LogP contribution < -0.4 is 10.2 Å². The summed E-state index contributed by atoms with van der Waals surface area (Å²) in [4.78, 5) is 29.0. The van der Waals surface area contributed by atoms with Crippen molar-refractivity contribution in [3.8, 4) is 0 Å². The minimum absolute atomic E-state index is 0.0450. The number of aromatic nitrogens is 1. The average molecular weight is 379 g/mol. The van der Waals surface area contributed by atoms with Crippen molar-refractivity contribution in [3.63, 3.8) is 0 Å². The molecule has 0 spiro atoms. The lowest BCUT2D eigenvalue weighted by Crippen LogP contribution is -2.38. The molecule has 1 aliphatic rings. The fourth-order valence-electron chi connectivity index (χ4n) is 2.95. The van der Waals surface area contributed by atoms with E-state index in [0.717, 1.165) is 0 Å². The number of nitrogens with one attached hydrogen (secondary N) is 1. The molecule has 0 aliphatic carbocycles. The second-order valence-electron chi connectivity index (χ2n) is 5.98. The van der Waals surface area contributed by atoms with E-state index in [1.54, 1.807) is 0 Å². The summed E-state index contributed by atoms with van der Waals surface area (Å²) in [6, 6.07) is 6.95. The minimum Gasteiger partial charge on any atom is -0.351 e. The average Bonchev–Trinajstić information content (AvgIpc) is 2.65. The topological polar surface area (TPSA) is 88.4 Å². The van der Waals surface area contributed by atoms with Crippen LogP contribution in [0.25, 0.3) is 0 Å². The quantitative estimate of drug-likeness (QED) is 0.648. The van der Waals surface area contributed by atoms with Crippen LogP contribution in [0.2, 0.25) is 5.02 Å². The lowest BCUT2D eigenvalue weighted by atomic mass is 9.95. The Balaban J connectivity index is 1.62. The first kappa shape index (κ1) is 18.1. The second-order valence-corrected chi connectivity index (χ2v) is 6.39. The fourth-order valence-corrected chi connectivity index (χ4v) is 3.13. The van der Waals surface area contributed by atoms with Crippen molar-refractivity contribution in [1.29, 1.82) is 0 Å². The van der Waals surface area contributed by atoms with Crippen molar-refractivity contribution in [2.75, 3.05) is 23.3 Å². The van der Waals surface area contributed by atoms with Gasteiger partial charge in [-0.2, -0.15) is 0 Å². The van der Waals surface area contributed by atoms with Gasteiger partial charge in [0.1, 0.15) is 5.82 Å². The van der Waals surface area contributed by atoms with Gasteiger partial charge in [-0.25, -0.2) is 9.37 Å². The van der Waals surface area contributed by atoms with Crippen LogP contribution in [0.4, 0.5) is 21.6 Å². The van der Waals surface area contributed by atoms with E-state index in [1.807, 2.05) is 4.90 Å². The number of nitrogens with zero attached hydrogens (tertiary/aromatic N) is 3. The lowest BCUT2D eigenvalue weighted by Gasteiger charge is -2.31. The fraction of sp³-hybridized carbons (Fsp3) is 0.294. The van der Waals surface area contributed by atoms with Crippen LogP contribution in [0.3, 0.4) is 0 Å². The van der Waals surface area contributed by atoms with Crippen LogP contribution in [0, 0.1) is 21.8 Å². The molecule has 2 heterocycles. The third kappa shape index (κ3) is 3.91. The van der Waals surface area contributed by atoms with Gasteiger partial charge in [-0.1, -0.05) is 11.6 Å². The van der Waals surface area contributed by atoms with Crippen molar-refractivity contribution >= 4 is 34.7 Å². The Morgan fingerprint density at radius 2 is 2.08 bits per heavy atom. The zero-order valence-corrected chi connectivity index (χ0v) is 14.4. The number of amides is 1. The van der Waals surface area contributed by atoms with E-state index >= 15 is 0 Å². The Labute approximate surface area is 153 Å². The van der Waals surface area contributed by atoms with Crippen molar-refractivity contribution in [2.24, 2.45) is 5.92 Å². The molecule has 2 aromatic rings. The number of carbonyl (C=O) groups is 1. The highest BCUT2D eigenvalue weighted by Crippen LogP contribution is 2.29. The maximum absolute atomic E-state index is 13.2. The standard InChI is InChI=1S/C17H16ClFN4O3/c18-13-10-12(3-4-14(13)19)21-17(24)11-5-8-22(9-6-11)16-15(23(25)26)2-1-7-20-16/h1-4,7,10-11H,5-6,8-9H2,(H,21,24). The van der Waals surface area contributed by atoms with Gasteiger partial charge >= 0.3 is 5.69 Å². The molecular formula is C17H16ClFN4O3. The van der Waals surface area contributed by atoms with Gasteiger partial charge in [-0.3, -0.25) is 14.9 Å². The Bertz CT molecular complexity index is 841. The van der Waals surface area contributed by atoms with Crippen LogP contribution in [0.5, 0.6) is 0 Å². The minimum atomic E-state index is -0.546. The van der Waals surface area contributed by atoms with Crippen LogP contribution in [-0.4, -0.2) is 28.9 Å². The van der Waals surface area contributed by atoms with Crippen molar-refractivity contribution < 1.29 is 14.1 Å². The lowest BCUT2D eigenvalue weighted by molar-refractivity contribution is -0.384. The zero-order valence-electron chi connectivity index (χ0n) is 13.7. The summed E-state index contributed by atoms with van der Waals surface area (Å²) in [5.74, 6) is -0.641. The molecule has 0 radical (unpaired) electrons. The maximum atomic E-state index is 13.2. The van der Waals surface area contributed by atoms with Crippen molar-refractivity contribution in [2.45, 2.75) is 12.8 Å². The Kier molecular flexibility index (Phi) is 5.32. The van der Waals surface area contributed by atoms with Gasteiger partial charge in [0.15, 0.2) is 0 Å². The zero-order chi connectivity index (χ0) is 18.7. The summed E-state index contributed by atoms with van der Waals surface area (Å²) in [6.45, 7) is 0.972. The smallest absolute Gasteiger partial charge is 0.311 e. The maximum Gasteiger partial charge on any atom is 0.311 e. The van der Waals surface area contributed by atoms with Gasteiger partial charge < -0.3 is 10.2 Å². The van der Waals surface area contributed by atoms with Gasteiger partial charge in [0.25, 0.3) is 0 Å². The van der Waals surface area contributed by atoms with E-state index in [2.05, 4.69) is 10.3 Å². The normalized spacial score (nSPS) is 14.9. The molecule has 1 N–H and O–H groups in total. The number of hydrogen-bond acceptors (Lipinski definition) is 5. The second kappa shape index (κ2) is 7.65. The van der Waals surface area contributed by atoms with Crippen LogP contribution in [0.15, 0.2) is 36.5 Å². The molecule has 0 unspecified atom stereocenters. The number of rotatable bonds is 4. The number of carbonyl (C=O) groups excluding carboxylic acids is 1. The number of anilines is 2. The van der Waals surface area contributed by atoms with Gasteiger partial charge in [0.05, 0.1) is 9.95 Å². The predicted molar refractivity (Wildman–Crippen MR) is 95.9 cm³/mol. The molecule has 0 saturated carbocycles. The molecule has 1 aromatic heterocycles. The molecule has 1 aliphatic heterocycles. The molecule has 136 valence electrons. The predicted octanol–water partition coefficient (Wildman–Crippen LogP) is 3.64. The Morgan fingerprint density at radius 1 is 1.35 bits per heavy atom. The monoisotopic (exact) mass is 378 g/mol. The largest absolute Gasteiger partial charge is 0.351 e. The summed E-state index contributed by atoms with van der Waals surface area (Å²) in [7, 11) is 0. The number of nitro groups is 1. The van der Waals surface area contributed by atoms with E-state index in [9.17, 15) is 19.3 Å². The number of benzene rings is 1. The number of piperidine rings is 1.